The van der Waals surface area contributed by atoms with Gasteiger partial charge in [-0.2, -0.15) is 0 Å². The molecule has 0 atom stereocenters. The van der Waals surface area contributed by atoms with Gasteiger partial charge in [-0.3, -0.25) is 4.99 Å². The first kappa shape index (κ1) is 20.9. The van der Waals surface area contributed by atoms with Gasteiger partial charge >= 0.3 is 0 Å². The van der Waals surface area contributed by atoms with Gasteiger partial charge < -0.3 is 10.6 Å². The van der Waals surface area contributed by atoms with E-state index in [2.05, 4.69) is 26.0 Å². The number of guanidine groups is 1. The molecule has 0 saturated heterocycles. The van der Waals surface area contributed by atoms with E-state index in [9.17, 15) is 8.42 Å². The summed E-state index contributed by atoms with van der Waals surface area (Å²) >= 11 is 1.64. The molecule has 0 aliphatic rings. The maximum Gasteiger partial charge on any atom is 0.215 e. The van der Waals surface area contributed by atoms with E-state index in [1.807, 2.05) is 27.7 Å². The van der Waals surface area contributed by atoms with Gasteiger partial charge in [-0.15, -0.1) is 11.3 Å². The summed E-state index contributed by atoms with van der Waals surface area (Å²) < 4.78 is 25.8. The number of hydrogen-bond acceptors (Lipinski definition) is 5. The minimum Gasteiger partial charge on any atom is -0.357 e. The predicted molar refractivity (Wildman–Crippen MR) is 101 cm³/mol. The molecule has 0 saturated carbocycles. The summed E-state index contributed by atoms with van der Waals surface area (Å²) in [4.78, 5) is 8.78. The highest BCUT2D eigenvalue weighted by Crippen LogP contribution is 2.07. The van der Waals surface area contributed by atoms with Gasteiger partial charge in [-0.05, 0) is 13.8 Å². The van der Waals surface area contributed by atoms with E-state index in [0.717, 1.165) is 23.7 Å². The van der Waals surface area contributed by atoms with Gasteiger partial charge in [-0.1, -0.05) is 13.8 Å². The summed E-state index contributed by atoms with van der Waals surface area (Å²) in [7, 11) is -3.23. The molecule has 0 aliphatic carbocycles. The summed E-state index contributed by atoms with van der Waals surface area (Å²) in [5, 5.41) is 9.46. The molecule has 24 heavy (non-hydrogen) atoms. The summed E-state index contributed by atoms with van der Waals surface area (Å²) in [6, 6.07) is 0. The van der Waals surface area contributed by atoms with Crippen LogP contribution in [0, 0.1) is 6.92 Å². The van der Waals surface area contributed by atoms with E-state index < -0.39 is 10.0 Å². The maximum absolute atomic E-state index is 12.1. The molecule has 0 spiro atoms. The van der Waals surface area contributed by atoms with Crippen molar-refractivity contribution < 1.29 is 8.42 Å². The Hall–Kier alpha value is -1.19. The molecule has 0 unspecified atom stereocenters. The molecular weight excluding hydrogens is 346 g/mol. The highest BCUT2D eigenvalue weighted by atomic mass is 32.2. The average Bonchev–Trinajstić information content (AvgIpc) is 2.93. The van der Waals surface area contributed by atoms with E-state index in [0.29, 0.717) is 25.6 Å². The lowest BCUT2D eigenvalue weighted by Gasteiger charge is -2.17. The monoisotopic (exact) mass is 375 g/mol. The van der Waals surface area contributed by atoms with Crippen molar-refractivity contribution in [3.05, 3.63) is 16.1 Å². The highest BCUT2D eigenvalue weighted by molar-refractivity contribution is 7.89. The molecule has 7 nitrogen and oxygen atoms in total. The van der Waals surface area contributed by atoms with Crippen molar-refractivity contribution in [1.29, 1.82) is 0 Å². The minimum atomic E-state index is -3.23. The van der Waals surface area contributed by atoms with Crippen molar-refractivity contribution in [3.63, 3.8) is 0 Å². The number of sulfonamides is 1. The number of thiazole rings is 1. The third-order valence-corrected chi connectivity index (χ3v) is 6.23. The second-order valence-corrected chi connectivity index (χ2v) is 8.35. The fraction of sp³-hybridized carbons (Fsp3) is 0.733. The standard InChI is InChI=1S/C15H29N5O2S2/c1-5-16-15(17-9-8-14-12-23-13(4)19-14)18-10-11-24(21,22)20(6-2)7-3/h12H,5-11H2,1-4H3,(H2,16,17,18). The molecule has 1 aromatic heterocycles. The Bertz CT molecular complexity index is 609. The Morgan fingerprint density at radius 2 is 2.00 bits per heavy atom. The topological polar surface area (TPSA) is 86.7 Å². The third kappa shape index (κ3) is 7.14. The Balaban J connectivity index is 2.49. The molecule has 138 valence electrons. The molecule has 1 aromatic rings. The number of hydrogen-bond donors (Lipinski definition) is 2. The lowest BCUT2D eigenvalue weighted by atomic mass is 10.3. The normalized spacial score (nSPS) is 12.6. The SMILES string of the molecule is CCNC(=NCCS(=O)(=O)N(CC)CC)NCCc1csc(C)n1. The van der Waals surface area contributed by atoms with Crippen molar-refractivity contribution in [2.24, 2.45) is 4.99 Å². The zero-order chi connectivity index (χ0) is 18.0. The average molecular weight is 376 g/mol. The van der Waals surface area contributed by atoms with E-state index in [-0.39, 0.29) is 12.3 Å². The van der Waals surface area contributed by atoms with Gasteiger partial charge in [0.2, 0.25) is 10.0 Å². The molecule has 2 N–H and O–H groups in total. The summed E-state index contributed by atoms with van der Waals surface area (Å²) in [6.07, 6.45) is 0.812. The Kier molecular flexibility index (Phi) is 9.24. The summed E-state index contributed by atoms with van der Waals surface area (Å²) in [5.74, 6) is 0.662. The first-order valence-corrected chi connectivity index (χ1v) is 10.8. The van der Waals surface area contributed by atoms with Crippen LogP contribution >= 0.6 is 11.3 Å². The van der Waals surface area contributed by atoms with E-state index >= 15 is 0 Å². The van der Waals surface area contributed by atoms with Crippen LogP contribution in [0.1, 0.15) is 31.5 Å². The van der Waals surface area contributed by atoms with Gasteiger partial charge in [0.15, 0.2) is 5.96 Å². The lowest BCUT2D eigenvalue weighted by molar-refractivity contribution is 0.445. The van der Waals surface area contributed by atoms with Gasteiger partial charge in [0, 0.05) is 38.0 Å². The Morgan fingerprint density at radius 3 is 2.54 bits per heavy atom. The Labute approximate surface area is 149 Å². The van der Waals surface area contributed by atoms with Crippen LogP contribution in [0.15, 0.2) is 10.4 Å². The molecule has 0 fully saturated rings. The fourth-order valence-corrected chi connectivity index (χ4v) is 4.21. The van der Waals surface area contributed by atoms with Crippen molar-refractivity contribution >= 4 is 27.3 Å². The van der Waals surface area contributed by atoms with Crippen molar-refractivity contribution in [1.82, 2.24) is 19.9 Å². The van der Waals surface area contributed by atoms with Gasteiger partial charge in [-0.25, -0.2) is 17.7 Å². The van der Waals surface area contributed by atoms with Crippen LogP contribution in [-0.2, 0) is 16.4 Å². The lowest BCUT2D eigenvalue weighted by Crippen LogP contribution is -2.39. The largest absolute Gasteiger partial charge is 0.357 e. The van der Waals surface area contributed by atoms with Crippen LogP contribution in [0.3, 0.4) is 0 Å². The molecule has 1 rings (SSSR count). The number of rotatable bonds is 10. The van der Waals surface area contributed by atoms with Crippen LogP contribution in [0.5, 0.6) is 0 Å². The molecule has 0 aliphatic heterocycles. The third-order valence-electron chi connectivity index (χ3n) is 3.40. The number of aliphatic imine (C=N–C) groups is 1. The molecule has 1 heterocycles. The first-order chi connectivity index (χ1) is 11.4. The molecule has 0 amide bonds. The molecule has 0 aromatic carbocycles. The number of aromatic nitrogens is 1. The number of nitrogens with one attached hydrogen (secondary N) is 2. The first-order valence-electron chi connectivity index (χ1n) is 8.33. The van der Waals surface area contributed by atoms with E-state index in [4.69, 9.17) is 0 Å². The van der Waals surface area contributed by atoms with Gasteiger partial charge in [0.25, 0.3) is 0 Å². The Morgan fingerprint density at radius 1 is 1.29 bits per heavy atom. The summed E-state index contributed by atoms with van der Waals surface area (Å²) in [5.41, 5.74) is 1.06. The molecular formula is C15H29N5O2S2. The quantitative estimate of drug-likeness (QED) is 0.474. The van der Waals surface area contributed by atoms with Crippen LogP contribution in [-0.4, -0.2) is 62.1 Å². The van der Waals surface area contributed by atoms with Crippen molar-refractivity contribution in [2.75, 3.05) is 38.5 Å². The smallest absolute Gasteiger partial charge is 0.215 e. The number of aryl methyl sites for hydroxylation is 1. The maximum atomic E-state index is 12.1. The van der Waals surface area contributed by atoms with Crippen LogP contribution in [0.2, 0.25) is 0 Å². The molecule has 0 radical (unpaired) electrons. The fourth-order valence-electron chi connectivity index (χ4n) is 2.19. The molecule has 9 heteroatoms. The van der Waals surface area contributed by atoms with Crippen LogP contribution in [0.4, 0.5) is 0 Å². The van der Waals surface area contributed by atoms with E-state index in [1.54, 1.807) is 11.3 Å². The minimum absolute atomic E-state index is 0.0243. The van der Waals surface area contributed by atoms with Gasteiger partial charge in [0.05, 0.1) is 23.0 Å². The van der Waals surface area contributed by atoms with Crippen LogP contribution in [0.25, 0.3) is 0 Å². The summed E-state index contributed by atoms with van der Waals surface area (Å²) in [6.45, 7) is 10.3. The second-order valence-electron chi connectivity index (χ2n) is 5.20. The molecule has 0 bridgehead atoms. The zero-order valence-electron chi connectivity index (χ0n) is 15.0. The zero-order valence-corrected chi connectivity index (χ0v) is 16.6. The van der Waals surface area contributed by atoms with Crippen LogP contribution < -0.4 is 10.6 Å². The van der Waals surface area contributed by atoms with Crippen molar-refractivity contribution in [2.45, 2.75) is 34.1 Å². The van der Waals surface area contributed by atoms with E-state index in [1.165, 1.54) is 4.31 Å². The van der Waals surface area contributed by atoms with Gasteiger partial charge in [0.1, 0.15) is 0 Å². The second kappa shape index (κ2) is 10.6. The van der Waals surface area contributed by atoms with Crippen molar-refractivity contribution in [3.8, 4) is 0 Å². The number of nitrogens with zero attached hydrogens (tertiary/aromatic N) is 3. The highest BCUT2D eigenvalue weighted by Gasteiger charge is 2.17. The predicted octanol–water partition coefficient (Wildman–Crippen LogP) is 1.22.